The SMILES string of the molecule is COc1cc(C(C)NC(=O)c2cc(S(C)(=O)=O)ccc2C)ccc1OCC(C)C. The van der Waals surface area contributed by atoms with E-state index in [4.69, 9.17) is 9.47 Å². The van der Waals surface area contributed by atoms with Crippen molar-refractivity contribution in [2.45, 2.75) is 38.6 Å². The summed E-state index contributed by atoms with van der Waals surface area (Å²) in [6.07, 6.45) is 1.12. The van der Waals surface area contributed by atoms with E-state index in [0.717, 1.165) is 11.8 Å². The molecule has 1 atom stereocenters. The van der Waals surface area contributed by atoms with Crippen LogP contribution >= 0.6 is 0 Å². The van der Waals surface area contributed by atoms with Crippen molar-refractivity contribution in [2.24, 2.45) is 5.92 Å². The first-order chi connectivity index (χ1) is 13.5. The van der Waals surface area contributed by atoms with Crippen molar-refractivity contribution >= 4 is 15.7 Å². The van der Waals surface area contributed by atoms with Crippen LogP contribution in [-0.2, 0) is 9.84 Å². The van der Waals surface area contributed by atoms with Crippen molar-refractivity contribution in [3.05, 3.63) is 53.1 Å². The zero-order valence-electron chi connectivity index (χ0n) is 17.8. The van der Waals surface area contributed by atoms with Crippen LogP contribution in [0.4, 0.5) is 0 Å². The van der Waals surface area contributed by atoms with Gasteiger partial charge in [0.1, 0.15) is 0 Å². The van der Waals surface area contributed by atoms with E-state index < -0.39 is 9.84 Å². The molecule has 2 aromatic carbocycles. The molecule has 1 unspecified atom stereocenters. The van der Waals surface area contributed by atoms with Crippen LogP contribution in [0, 0.1) is 12.8 Å². The zero-order valence-corrected chi connectivity index (χ0v) is 18.6. The minimum absolute atomic E-state index is 0.120. The van der Waals surface area contributed by atoms with Gasteiger partial charge in [0.05, 0.1) is 24.7 Å². The summed E-state index contributed by atoms with van der Waals surface area (Å²) in [6.45, 7) is 8.35. The van der Waals surface area contributed by atoms with Crippen molar-refractivity contribution in [3.63, 3.8) is 0 Å². The molecule has 0 radical (unpaired) electrons. The number of benzene rings is 2. The van der Waals surface area contributed by atoms with E-state index in [-0.39, 0.29) is 16.8 Å². The second-order valence-electron chi connectivity index (χ2n) is 7.56. The van der Waals surface area contributed by atoms with Gasteiger partial charge in [-0.15, -0.1) is 0 Å². The Morgan fingerprint density at radius 2 is 1.76 bits per heavy atom. The third-order valence-corrected chi connectivity index (χ3v) is 5.60. The number of rotatable bonds is 8. The lowest BCUT2D eigenvalue weighted by molar-refractivity contribution is 0.0939. The van der Waals surface area contributed by atoms with Gasteiger partial charge in [-0.25, -0.2) is 8.42 Å². The molecule has 7 heteroatoms. The van der Waals surface area contributed by atoms with Gasteiger partial charge in [-0.3, -0.25) is 4.79 Å². The summed E-state index contributed by atoms with van der Waals surface area (Å²) in [7, 11) is -1.82. The quantitative estimate of drug-likeness (QED) is 0.701. The van der Waals surface area contributed by atoms with Crippen molar-refractivity contribution in [2.75, 3.05) is 20.0 Å². The highest BCUT2D eigenvalue weighted by Crippen LogP contribution is 2.31. The first-order valence-electron chi connectivity index (χ1n) is 9.45. The Morgan fingerprint density at radius 1 is 1.07 bits per heavy atom. The summed E-state index contributed by atoms with van der Waals surface area (Å²) in [5.74, 6) is 1.31. The van der Waals surface area contributed by atoms with E-state index in [1.807, 2.05) is 25.1 Å². The summed E-state index contributed by atoms with van der Waals surface area (Å²) in [6, 6.07) is 9.79. The van der Waals surface area contributed by atoms with E-state index in [0.29, 0.717) is 35.2 Å². The summed E-state index contributed by atoms with van der Waals surface area (Å²) >= 11 is 0. The number of hydrogen-bond acceptors (Lipinski definition) is 5. The monoisotopic (exact) mass is 419 g/mol. The minimum Gasteiger partial charge on any atom is -0.493 e. The number of aryl methyl sites for hydroxylation is 1. The molecule has 0 spiro atoms. The van der Waals surface area contributed by atoms with Crippen molar-refractivity contribution in [1.29, 1.82) is 0 Å². The van der Waals surface area contributed by atoms with Crippen LogP contribution in [0.15, 0.2) is 41.3 Å². The fourth-order valence-electron chi connectivity index (χ4n) is 2.76. The molecular weight excluding hydrogens is 390 g/mol. The highest BCUT2D eigenvalue weighted by molar-refractivity contribution is 7.90. The first-order valence-corrected chi connectivity index (χ1v) is 11.3. The van der Waals surface area contributed by atoms with Gasteiger partial charge in [0.15, 0.2) is 21.3 Å². The number of hydrogen-bond donors (Lipinski definition) is 1. The molecule has 2 aromatic rings. The number of ether oxygens (including phenoxy) is 2. The molecule has 1 N–H and O–H groups in total. The van der Waals surface area contributed by atoms with Crippen LogP contribution in [0.2, 0.25) is 0 Å². The zero-order chi connectivity index (χ0) is 21.8. The molecule has 0 aliphatic carbocycles. The molecule has 0 aliphatic heterocycles. The maximum atomic E-state index is 12.8. The fourth-order valence-corrected chi connectivity index (χ4v) is 3.41. The molecule has 0 saturated heterocycles. The van der Waals surface area contributed by atoms with Crippen LogP contribution in [0.1, 0.15) is 48.3 Å². The van der Waals surface area contributed by atoms with Gasteiger partial charge in [-0.2, -0.15) is 0 Å². The average molecular weight is 420 g/mol. The molecule has 29 heavy (non-hydrogen) atoms. The topological polar surface area (TPSA) is 81.7 Å². The van der Waals surface area contributed by atoms with Crippen LogP contribution in [0.3, 0.4) is 0 Å². The van der Waals surface area contributed by atoms with Crippen LogP contribution < -0.4 is 14.8 Å². The number of sulfone groups is 1. The van der Waals surface area contributed by atoms with E-state index >= 15 is 0 Å². The van der Waals surface area contributed by atoms with Crippen LogP contribution in [0.5, 0.6) is 11.5 Å². The Morgan fingerprint density at radius 3 is 2.34 bits per heavy atom. The number of nitrogens with one attached hydrogen (secondary N) is 1. The van der Waals surface area contributed by atoms with Crippen molar-refractivity contribution < 1.29 is 22.7 Å². The molecule has 2 rings (SSSR count). The summed E-state index contributed by atoms with van der Waals surface area (Å²) in [4.78, 5) is 12.9. The van der Waals surface area contributed by atoms with Gasteiger partial charge in [-0.05, 0) is 55.2 Å². The predicted molar refractivity (Wildman–Crippen MR) is 113 cm³/mol. The smallest absolute Gasteiger partial charge is 0.252 e. The van der Waals surface area contributed by atoms with Crippen molar-refractivity contribution in [1.82, 2.24) is 5.32 Å². The molecule has 6 nitrogen and oxygen atoms in total. The lowest BCUT2D eigenvalue weighted by atomic mass is 10.0. The average Bonchev–Trinajstić information content (AvgIpc) is 2.65. The maximum Gasteiger partial charge on any atom is 0.252 e. The number of carbonyl (C=O) groups is 1. The fraction of sp³-hybridized carbons (Fsp3) is 0.409. The van der Waals surface area contributed by atoms with E-state index in [9.17, 15) is 13.2 Å². The largest absolute Gasteiger partial charge is 0.493 e. The molecule has 0 bridgehead atoms. The Balaban J connectivity index is 2.21. The lowest BCUT2D eigenvalue weighted by Crippen LogP contribution is -2.27. The first kappa shape index (κ1) is 22.7. The summed E-state index contributed by atoms with van der Waals surface area (Å²) in [5.41, 5.74) is 1.89. The van der Waals surface area contributed by atoms with Gasteiger partial charge in [-0.1, -0.05) is 26.0 Å². The normalized spacial score (nSPS) is 12.5. The molecule has 0 heterocycles. The lowest BCUT2D eigenvalue weighted by Gasteiger charge is -2.18. The molecule has 1 amide bonds. The maximum absolute atomic E-state index is 12.8. The highest BCUT2D eigenvalue weighted by Gasteiger charge is 2.18. The van der Waals surface area contributed by atoms with E-state index in [2.05, 4.69) is 19.2 Å². The second kappa shape index (κ2) is 9.31. The molecule has 158 valence electrons. The second-order valence-corrected chi connectivity index (χ2v) is 9.57. The predicted octanol–water partition coefficient (Wildman–Crippen LogP) is 3.93. The molecule has 0 fully saturated rings. The van der Waals surface area contributed by atoms with Gasteiger partial charge in [0, 0.05) is 11.8 Å². The number of carbonyl (C=O) groups excluding carboxylic acids is 1. The minimum atomic E-state index is -3.39. The molecule has 0 saturated carbocycles. The van der Waals surface area contributed by atoms with Crippen molar-refractivity contribution in [3.8, 4) is 11.5 Å². The third kappa shape index (κ3) is 5.97. The molecule has 0 aromatic heterocycles. The standard InChI is InChI=1S/C22H29NO5S/c1-14(2)13-28-20-10-8-17(11-21(20)27-5)16(4)23-22(24)19-12-18(29(6,25)26)9-7-15(19)3/h7-12,14,16H,13H2,1-6H3,(H,23,24). The Kier molecular flexibility index (Phi) is 7.30. The third-order valence-electron chi connectivity index (χ3n) is 4.49. The van der Waals surface area contributed by atoms with Crippen LogP contribution in [0.25, 0.3) is 0 Å². The van der Waals surface area contributed by atoms with Gasteiger partial charge in [0.25, 0.3) is 5.91 Å². The van der Waals surface area contributed by atoms with E-state index in [1.54, 1.807) is 20.1 Å². The Labute approximate surface area is 173 Å². The van der Waals surface area contributed by atoms with Gasteiger partial charge < -0.3 is 14.8 Å². The Hall–Kier alpha value is -2.54. The summed E-state index contributed by atoms with van der Waals surface area (Å²) in [5, 5.41) is 2.92. The highest BCUT2D eigenvalue weighted by atomic mass is 32.2. The van der Waals surface area contributed by atoms with Crippen LogP contribution in [-0.4, -0.2) is 34.3 Å². The van der Waals surface area contributed by atoms with Gasteiger partial charge in [0.2, 0.25) is 0 Å². The number of amides is 1. The molecular formula is C22H29NO5S. The van der Waals surface area contributed by atoms with Gasteiger partial charge >= 0.3 is 0 Å². The Bertz CT molecular complexity index is 983. The molecule has 0 aliphatic rings. The number of methoxy groups -OCH3 is 1. The van der Waals surface area contributed by atoms with E-state index in [1.165, 1.54) is 12.1 Å². The summed E-state index contributed by atoms with van der Waals surface area (Å²) < 4.78 is 34.8.